The third-order valence-corrected chi connectivity index (χ3v) is 4.83. The van der Waals surface area contributed by atoms with Crippen LogP contribution in [0.4, 0.5) is 16.1 Å². The number of rotatable bonds is 5. The Morgan fingerprint density at radius 3 is 2.96 bits per heavy atom. The molecular formula is C17H21FN4O3S. The highest BCUT2D eigenvalue weighted by Crippen LogP contribution is 2.23. The maximum absolute atomic E-state index is 13.5. The predicted molar refractivity (Wildman–Crippen MR) is 97.7 cm³/mol. The van der Waals surface area contributed by atoms with Crippen LogP contribution in [0.25, 0.3) is 0 Å². The number of oxazole rings is 1. The van der Waals surface area contributed by atoms with E-state index in [-0.39, 0.29) is 23.4 Å². The average molecular weight is 380 g/mol. The molecule has 7 nitrogen and oxygen atoms in total. The molecule has 1 saturated heterocycles. The van der Waals surface area contributed by atoms with Gasteiger partial charge in [0, 0.05) is 37.5 Å². The number of benzene rings is 1. The second-order valence-electron chi connectivity index (χ2n) is 6.00. The van der Waals surface area contributed by atoms with Gasteiger partial charge in [-0.25, -0.2) is 8.70 Å². The number of hydrogen-bond donors (Lipinski definition) is 2. The predicted octanol–water partition coefficient (Wildman–Crippen LogP) is 3.19. The number of nitrogens with zero attached hydrogens (tertiary/aromatic N) is 2. The van der Waals surface area contributed by atoms with Crippen molar-refractivity contribution in [3.05, 3.63) is 41.0 Å². The SMILES string of the molecule is Cc1cc(Nc2nc(C(=O)NSN3CCCOCC3)co2)c(C)cc1F. The second-order valence-corrected chi connectivity index (χ2v) is 6.90. The first-order valence-corrected chi connectivity index (χ1v) is 9.09. The molecule has 9 heteroatoms. The number of halogens is 1. The summed E-state index contributed by atoms with van der Waals surface area (Å²) in [5.74, 6) is -0.611. The van der Waals surface area contributed by atoms with E-state index in [1.54, 1.807) is 19.9 Å². The summed E-state index contributed by atoms with van der Waals surface area (Å²) in [4.78, 5) is 16.4. The summed E-state index contributed by atoms with van der Waals surface area (Å²) in [5.41, 5.74) is 2.08. The lowest BCUT2D eigenvalue weighted by molar-refractivity contribution is 0.0978. The Morgan fingerprint density at radius 2 is 2.12 bits per heavy atom. The molecule has 0 unspecified atom stereocenters. The lowest BCUT2D eigenvalue weighted by Gasteiger charge is -2.16. The van der Waals surface area contributed by atoms with Gasteiger partial charge in [-0.15, -0.1) is 0 Å². The molecule has 0 saturated carbocycles. The van der Waals surface area contributed by atoms with Crippen LogP contribution in [0.1, 0.15) is 28.0 Å². The minimum absolute atomic E-state index is 0.169. The van der Waals surface area contributed by atoms with E-state index in [0.717, 1.165) is 31.7 Å². The first-order chi connectivity index (χ1) is 12.5. The van der Waals surface area contributed by atoms with E-state index in [2.05, 4.69) is 15.0 Å². The van der Waals surface area contributed by atoms with E-state index >= 15 is 0 Å². The molecular weight excluding hydrogens is 359 g/mol. The number of hydrogen-bond acceptors (Lipinski definition) is 7. The summed E-state index contributed by atoms with van der Waals surface area (Å²) < 4.78 is 29.0. The molecule has 1 amide bonds. The van der Waals surface area contributed by atoms with Crippen LogP contribution in [0.15, 0.2) is 22.8 Å². The largest absolute Gasteiger partial charge is 0.431 e. The van der Waals surface area contributed by atoms with E-state index in [1.807, 2.05) is 4.31 Å². The molecule has 1 aromatic heterocycles. The molecule has 0 aliphatic carbocycles. The second kappa shape index (κ2) is 8.52. The summed E-state index contributed by atoms with van der Waals surface area (Å²) in [6, 6.07) is 3.29. The van der Waals surface area contributed by atoms with Crippen molar-refractivity contribution in [2.24, 2.45) is 0 Å². The molecule has 1 aliphatic rings. The van der Waals surface area contributed by atoms with Gasteiger partial charge < -0.3 is 14.5 Å². The molecule has 0 radical (unpaired) electrons. The fraction of sp³-hybridized carbons (Fsp3) is 0.412. The molecule has 0 spiro atoms. The zero-order chi connectivity index (χ0) is 18.5. The van der Waals surface area contributed by atoms with Gasteiger partial charge in [-0.05, 0) is 43.5 Å². The van der Waals surface area contributed by atoms with Gasteiger partial charge in [0.15, 0.2) is 5.69 Å². The van der Waals surface area contributed by atoms with Crippen molar-refractivity contribution in [3.8, 4) is 0 Å². The summed E-state index contributed by atoms with van der Waals surface area (Å²) in [6.45, 7) is 6.45. The first kappa shape index (κ1) is 18.7. The van der Waals surface area contributed by atoms with Crippen LogP contribution >= 0.6 is 12.1 Å². The Labute approximate surface area is 155 Å². The number of amides is 1. The molecule has 0 bridgehead atoms. The van der Waals surface area contributed by atoms with Crippen LogP contribution in [0.2, 0.25) is 0 Å². The van der Waals surface area contributed by atoms with Crippen molar-refractivity contribution in [2.45, 2.75) is 20.3 Å². The van der Waals surface area contributed by atoms with Crippen molar-refractivity contribution in [1.82, 2.24) is 14.0 Å². The highest BCUT2D eigenvalue weighted by Gasteiger charge is 2.16. The monoisotopic (exact) mass is 380 g/mol. The topological polar surface area (TPSA) is 79.6 Å². The van der Waals surface area contributed by atoms with Gasteiger partial charge in [0.05, 0.1) is 6.61 Å². The molecule has 3 rings (SSSR count). The minimum atomic E-state index is -0.344. The zero-order valence-electron chi connectivity index (χ0n) is 14.7. The number of nitrogens with one attached hydrogen (secondary N) is 2. The van der Waals surface area contributed by atoms with Gasteiger partial charge in [0.1, 0.15) is 12.1 Å². The van der Waals surface area contributed by atoms with Gasteiger partial charge in [-0.1, -0.05) is 0 Å². The maximum atomic E-state index is 13.5. The Bertz CT molecular complexity index is 775. The fourth-order valence-electron chi connectivity index (χ4n) is 2.44. The fourth-order valence-corrected chi connectivity index (χ4v) is 3.14. The zero-order valence-corrected chi connectivity index (χ0v) is 15.5. The van der Waals surface area contributed by atoms with E-state index in [4.69, 9.17) is 9.15 Å². The quantitative estimate of drug-likeness (QED) is 0.771. The van der Waals surface area contributed by atoms with Crippen LogP contribution in [0.3, 0.4) is 0 Å². The molecule has 1 aliphatic heterocycles. The molecule has 0 atom stereocenters. The van der Waals surface area contributed by atoms with Gasteiger partial charge >= 0.3 is 0 Å². The molecule has 140 valence electrons. The lowest BCUT2D eigenvalue weighted by atomic mass is 10.1. The highest BCUT2D eigenvalue weighted by atomic mass is 32.2. The smallest absolute Gasteiger partial charge is 0.299 e. The van der Waals surface area contributed by atoms with E-state index in [1.165, 1.54) is 24.5 Å². The van der Waals surface area contributed by atoms with Crippen molar-refractivity contribution in [1.29, 1.82) is 0 Å². The van der Waals surface area contributed by atoms with Crippen molar-refractivity contribution < 1.29 is 18.3 Å². The van der Waals surface area contributed by atoms with E-state index < -0.39 is 0 Å². The van der Waals surface area contributed by atoms with Crippen LogP contribution in [-0.4, -0.2) is 41.5 Å². The Hall–Kier alpha value is -2.10. The molecule has 2 heterocycles. The molecule has 2 aromatic rings. The number of aryl methyl sites for hydroxylation is 2. The Balaban J connectivity index is 1.58. The molecule has 1 aromatic carbocycles. The Kier molecular flexibility index (Phi) is 6.12. The summed E-state index contributed by atoms with van der Waals surface area (Å²) in [7, 11) is 0. The molecule has 2 N–H and O–H groups in total. The average Bonchev–Trinajstić information content (AvgIpc) is 2.92. The number of carbonyl (C=O) groups is 1. The van der Waals surface area contributed by atoms with Crippen molar-refractivity contribution in [3.63, 3.8) is 0 Å². The van der Waals surface area contributed by atoms with Gasteiger partial charge in [-0.3, -0.25) is 9.52 Å². The normalized spacial score (nSPS) is 15.5. The van der Waals surface area contributed by atoms with Gasteiger partial charge in [0.25, 0.3) is 11.9 Å². The molecule has 26 heavy (non-hydrogen) atoms. The van der Waals surface area contributed by atoms with Crippen LogP contribution in [0, 0.1) is 19.7 Å². The summed E-state index contributed by atoms with van der Waals surface area (Å²) in [5, 5.41) is 2.97. The number of carbonyl (C=O) groups excluding carboxylic acids is 1. The number of ether oxygens (including phenoxy) is 1. The Morgan fingerprint density at radius 1 is 1.27 bits per heavy atom. The standard InChI is InChI=1S/C17H21FN4O3S/c1-11-9-14(12(2)8-13(11)18)19-17-20-15(10-25-17)16(23)21-26-22-4-3-6-24-7-5-22/h8-10H,3-7H2,1-2H3,(H,19,20)(H,21,23). The molecule has 1 fully saturated rings. The maximum Gasteiger partial charge on any atom is 0.299 e. The lowest BCUT2D eigenvalue weighted by Crippen LogP contribution is -2.27. The van der Waals surface area contributed by atoms with Crippen LogP contribution < -0.4 is 10.0 Å². The number of anilines is 2. The van der Waals surface area contributed by atoms with Crippen LogP contribution in [0.5, 0.6) is 0 Å². The van der Waals surface area contributed by atoms with Gasteiger partial charge in [0.2, 0.25) is 0 Å². The summed E-state index contributed by atoms with van der Waals surface area (Å²) in [6.07, 6.45) is 2.22. The van der Waals surface area contributed by atoms with E-state index in [9.17, 15) is 9.18 Å². The van der Waals surface area contributed by atoms with Crippen molar-refractivity contribution >= 4 is 29.7 Å². The highest BCUT2D eigenvalue weighted by molar-refractivity contribution is 7.95. The minimum Gasteiger partial charge on any atom is -0.431 e. The third-order valence-electron chi connectivity index (χ3n) is 3.93. The van der Waals surface area contributed by atoms with Gasteiger partial charge in [-0.2, -0.15) is 4.98 Å². The number of aromatic nitrogens is 1. The van der Waals surface area contributed by atoms with E-state index in [0.29, 0.717) is 17.9 Å². The first-order valence-electron chi connectivity index (χ1n) is 8.32. The van der Waals surface area contributed by atoms with Crippen molar-refractivity contribution in [2.75, 3.05) is 31.6 Å². The third kappa shape index (κ3) is 4.75. The summed E-state index contributed by atoms with van der Waals surface area (Å²) >= 11 is 1.24. The van der Waals surface area contributed by atoms with Crippen LogP contribution in [-0.2, 0) is 4.74 Å².